The number of amides is 1. The number of aryl methyl sites for hydroxylation is 2. The van der Waals surface area contributed by atoms with Crippen molar-refractivity contribution >= 4 is 27.3 Å². The van der Waals surface area contributed by atoms with Crippen molar-refractivity contribution in [3.8, 4) is 0 Å². The Labute approximate surface area is 195 Å². The number of anilines is 2. The van der Waals surface area contributed by atoms with Gasteiger partial charge in [-0.2, -0.15) is 0 Å². The highest BCUT2D eigenvalue weighted by Gasteiger charge is 2.20. The van der Waals surface area contributed by atoms with Crippen molar-refractivity contribution in [1.82, 2.24) is 5.32 Å². The zero-order valence-electron chi connectivity index (χ0n) is 19.0. The Hall–Kier alpha value is -3.32. The smallest absolute Gasteiger partial charge is 0.262 e. The Morgan fingerprint density at radius 1 is 0.909 bits per heavy atom. The summed E-state index contributed by atoms with van der Waals surface area (Å²) in [6, 6.07) is 20.1. The van der Waals surface area contributed by atoms with E-state index >= 15 is 0 Å². The molecule has 0 bridgehead atoms. The van der Waals surface area contributed by atoms with E-state index in [1.54, 1.807) is 31.2 Å². The van der Waals surface area contributed by atoms with Crippen LogP contribution in [0.25, 0.3) is 0 Å². The average molecular weight is 464 g/mol. The molecule has 0 aromatic heterocycles. The summed E-state index contributed by atoms with van der Waals surface area (Å²) in [6.07, 6.45) is 2.46. The van der Waals surface area contributed by atoms with E-state index in [-0.39, 0.29) is 10.8 Å². The number of nitrogens with zero attached hydrogens (tertiary/aromatic N) is 1. The molecule has 1 aliphatic rings. The Morgan fingerprint density at radius 3 is 2.30 bits per heavy atom. The van der Waals surface area contributed by atoms with Crippen LogP contribution in [0.15, 0.2) is 71.6 Å². The molecule has 1 amide bonds. The van der Waals surface area contributed by atoms with Gasteiger partial charge in [0.15, 0.2) is 0 Å². The van der Waals surface area contributed by atoms with E-state index in [4.69, 9.17) is 0 Å². The van der Waals surface area contributed by atoms with Gasteiger partial charge >= 0.3 is 0 Å². The van der Waals surface area contributed by atoms with E-state index in [9.17, 15) is 13.2 Å². The molecule has 0 radical (unpaired) electrons. The van der Waals surface area contributed by atoms with Crippen molar-refractivity contribution in [3.05, 3.63) is 89.0 Å². The molecular formula is C26H29N3O3S. The lowest BCUT2D eigenvalue weighted by atomic mass is 10.1. The second-order valence-electron chi connectivity index (χ2n) is 8.44. The van der Waals surface area contributed by atoms with Crippen LogP contribution in [-0.2, 0) is 16.6 Å². The molecule has 172 valence electrons. The van der Waals surface area contributed by atoms with E-state index in [1.807, 2.05) is 31.2 Å². The SMILES string of the molecule is Cc1ccccc1NS(=O)(=O)c1cc(C(=O)NCc2ccc(N3CCCC3)cc2)ccc1C. The first-order valence-corrected chi connectivity index (χ1v) is 12.6. The van der Waals surface area contributed by atoms with Crippen LogP contribution in [0, 0.1) is 13.8 Å². The van der Waals surface area contributed by atoms with Gasteiger partial charge in [0.25, 0.3) is 15.9 Å². The average Bonchev–Trinajstić information content (AvgIpc) is 3.34. The Balaban J connectivity index is 1.45. The van der Waals surface area contributed by atoms with E-state index in [0.717, 1.165) is 24.2 Å². The molecule has 0 aliphatic carbocycles. The molecule has 0 atom stereocenters. The second-order valence-corrected chi connectivity index (χ2v) is 10.1. The number of para-hydroxylation sites is 1. The van der Waals surface area contributed by atoms with Gasteiger partial charge in [0.1, 0.15) is 0 Å². The molecule has 3 aromatic carbocycles. The van der Waals surface area contributed by atoms with Crippen molar-refractivity contribution < 1.29 is 13.2 Å². The molecule has 1 saturated heterocycles. The van der Waals surface area contributed by atoms with Crippen LogP contribution >= 0.6 is 0 Å². The molecule has 0 unspecified atom stereocenters. The topological polar surface area (TPSA) is 78.5 Å². The first-order valence-electron chi connectivity index (χ1n) is 11.1. The highest BCUT2D eigenvalue weighted by Crippen LogP contribution is 2.23. The number of rotatable bonds is 7. The summed E-state index contributed by atoms with van der Waals surface area (Å²) >= 11 is 0. The van der Waals surface area contributed by atoms with E-state index in [2.05, 4.69) is 27.1 Å². The summed E-state index contributed by atoms with van der Waals surface area (Å²) in [5, 5.41) is 2.89. The molecule has 1 aliphatic heterocycles. The molecule has 0 saturated carbocycles. The fraction of sp³-hybridized carbons (Fsp3) is 0.269. The summed E-state index contributed by atoms with van der Waals surface area (Å²) in [7, 11) is -3.84. The van der Waals surface area contributed by atoms with Gasteiger partial charge in [-0.1, -0.05) is 36.4 Å². The molecule has 4 rings (SSSR count). The Bertz CT molecular complexity index is 1250. The third-order valence-corrected chi connectivity index (χ3v) is 7.50. The predicted molar refractivity (Wildman–Crippen MR) is 132 cm³/mol. The molecule has 7 heteroatoms. The Morgan fingerprint density at radius 2 is 1.61 bits per heavy atom. The van der Waals surface area contributed by atoms with Crippen LogP contribution in [0.1, 0.15) is 39.9 Å². The monoisotopic (exact) mass is 463 g/mol. The van der Waals surface area contributed by atoms with Crippen molar-refractivity contribution in [3.63, 3.8) is 0 Å². The molecule has 0 spiro atoms. The number of hydrogen-bond acceptors (Lipinski definition) is 4. The Kier molecular flexibility index (Phi) is 6.70. The number of carbonyl (C=O) groups is 1. The largest absolute Gasteiger partial charge is 0.372 e. The maximum absolute atomic E-state index is 13.0. The van der Waals surface area contributed by atoms with Gasteiger partial charge in [0, 0.05) is 30.9 Å². The van der Waals surface area contributed by atoms with Gasteiger partial charge in [-0.25, -0.2) is 8.42 Å². The molecule has 1 heterocycles. The van der Waals surface area contributed by atoms with Crippen molar-refractivity contribution in [2.24, 2.45) is 0 Å². The van der Waals surface area contributed by atoms with E-state index < -0.39 is 10.0 Å². The first kappa shape index (κ1) is 22.9. The summed E-state index contributed by atoms with van der Waals surface area (Å²) < 4.78 is 28.7. The lowest BCUT2D eigenvalue weighted by Crippen LogP contribution is -2.24. The maximum atomic E-state index is 13.0. The van der Waals surface area contributed by atoms with Crippen molar-refractivity contribution in [2.45, 2.75) is 38.1 Å². The van der Waals surface area contributed by atoms with Crippen LogP contribution in [0.3, 0.4) is 0 Å². The van der Waals surface area contributed by atoms with Gasteiger partial charge in [-0.05, 0) is 73.7 Å². The third kappa shape index (κ3) is 5.37. The molecule has 6 nitrogen and oxygen atoms in total. The molecule has 3 aromatic rings. The number of sulfonamides is 1. The molecule has 2 N–H and O–H groups in total. The number of nitrogens with one attached hydrogen (secondary N) is 2. The normalized spacial score (nSPS) is 13.7. The van der Waals surface area contributed by atoms with Crippen LogP contribution in [0.5, 0.6) is 0 Å². The third-order valence-electron chi connectivity index (χ3n) is 5.99. The summed E-state index contributed by atoms with van der Waals surface area (Å²) in [5.74, 6) is -0.314. The van der Waals surface area contributed by atoms with E-state index in [1.165, 1.54) is 24.6 Å². The fourth-order valence-electron chi connectivity index (χ4n) is 4.00. The molecular weight excluding hydrogens is 434 g/mol. The van der Waals surface area contributed by atoms with Crippen molar-refractivity contribution in [2.75, 3.05) is 22.7 Å². The second kappa shape index (κ2) is 9.67. The fourth-order valence-corrected chi connectivity index (χ4v) is 5.40. The zero-order valence-corrected chi connectivity index (χ0v) is 19.8. The van der Waals surface area contributed by atoms with Gasteiger partial charge in [-0.15, -0.1) is 0 Å². The van der Waals surface area contributed by atoms with Crippen LogP contribution in [0.2, 0.25) is 0 Å². The minimum Gasteiger partial charge on any atom is -0.372 e. The molecule has 33 heavy (non-hydrogen) atoms. The molecule has 1 fully saturated rings. The van der Waals surface area contributed by atoms with Crippen LogP contribution in [0.4, 0.5) is 11.4 Å². The lowest BCUT2D eigenvalue weighted by Gasteiger charge is -2.17. The van der Waals surface area contributed by atoms with Crippen LogP contribution < -0.4 is 14.9 Å². The zero-order chi connectivity index (χ0) is 23.4. The summed E-state index contributed by atoms with van der Waals surface area (Å²) in [6.45, 7) is 6.11. The summed E-state index contributed by atoms with van der Waals surface area (Å²) in [4.78, 5) is 15.2. The summed E-state index contributed by atoms with van der Waals surface area (Å²) in [5.41, 5.74) is 4.42. The minimum atomic E-state index is -3.84. The van der Waals surface area contributed by atoms with Crippen LogP contribution in [-0.4, -0.2) is 27.4 Å². The van der Waals surface area contributed by atoms with E-state index in [0.29, 0.717) is 23.4 Å². The van der Waals surface area contributed by atoms with Crippen molar-refractivity contribution in [1.29, 1.82) is 0 Å². The number of hydrogen-bond donors (Lipinski definition) is 2. The maximum Gasteiger partial charge on any atom is 0.262 e. The predicted octanol–water partition coefficient (Wildman–Crippen LogP) is 4.63. The minimum absolute atomic E-state index is 0.0911. The van der Waals surface area contributed by atoms with Gasteiger partial charge in [0.2, 0.25) is 0 Å². The lowest BCUT2D eigenvalue weighted by molar-refractivity contribution is 0.0950. The quantitative estimate of drug-likeness (QED) is 0.535. The standard InChI is InChI=1S/C26H29N3O3S/c1-19-7-3-4-8-24(19)28-33(31,32)25-17-22(12-9-20(25)2)26(30)27-18-21-10-13-23(14-11-21)29-15-5-6-16-29/h3-4,7-14,17,28H,5-6,15-16,18H2,1-2H3,(H,27,30). The highest BCUT2D eigenvalue weighted by atomic mass is 32.2. The van der Waals surface area contributed by atoms with Gasteiger partial charge in [-0.3, -0.25) is 9.52 Å². The number of carbonyl (C=O) groups excluding carboxylic acids is 1. The van der Waals surface area contributed by atoms with Gasteiger partial charge < -0.3 is 10.2 Å². The highest BCUT2D eigenvalue weighted by molar-refractivity contribution is 7.92. The number of benzene rings is 3. The first-order chi connectivity index (χ1) is 15.8. The van der Waals surface area contributed by atoms with Gasteiger partial charge in [0.05, 0.1) is 10.6 Å².